The molecule has 1 aliphatic heterocycles. The SMILES string of the molecule is COc1ccccc1C(=O)N(Cc1ccc(-c2ccc(F)cc2)o1)C1CCS(=O)(=O)C1. The fourth-order valence-electron chi connectivity index (χ4n) is 3.76. The first-order valence-electron chi connectivity index (χ1n) is 9.85. The van der Waals surface area contributed by atoms with E-state index in [4.69, 9.17) is 9.15 Å². The van der Waals surface area contributed by atoms with Gasteiger partial charge in [-0.25, -0.2) is 12.8 Å². The number of ether oxygens (including phenoxy) is 1. The maximum Gasteiger partial charge on any atom is 0.258 e. The zero-order valence-corrected chi connectivity index (χ0v) is 17.8. The van der Waals surface area contributed by atoms with E-state index in [1.807, 2.05) is 0 Å². The number of benzene rings is 2. The first-order valence-corrected chi connectivity index (χ1v) is 11.7. The second kappa shape index (κ2) is 8.55. The lowest BCUT2D eigenvalue weighted by molar-refractivity contribution is 0.0663. The Morgan fingerprint density at radius 1 is 1.13 bits per heavy atom. The number of amides is 1. The van der Waals surface area contributed by atoms with E-state index in [9.17, 15) is 17.6 Å². The Kier molecular flexibility index (Phi) is 5.82. The molecule has 0 radical (unpaired) electrons. The van der Waals surface area contributed by atoms with Gasteiger partial charge in [-0.15, -0.1) is 0 Å². The number of carbonyl (C=O) groups is 1. The van der Waals surface area contributed by atoms with E-state index in [0.717, 1.165) is 0 Å². The smallest absolute Gasteiger partial charge is 0.258 e. The van der Waals surface area contributed by atoms with Gasteiger partial charge in [-0.1, -0.05) is 12.1 Å². The molecule has 1 fully saturated rings. The van der Waals surface area contributed by atoms with Crippen molar-refractivity contribution >= 4 is 15.7 Å². The second-order valence-electron chi connectivity index (χ2n) is 7.46. The summed E-state index contributed by atoms with van der Waals surface area (Å²) in [5.41, 5.74) is 1.07. The van der Waals surface area contributed by atoms with E-state index in [1.54, 1.807) is 48.5 Å². The number of sulfone groups is 1. The van der Waals surface area contributed by atoms with Gasteiger partial charge in [0.15, 0.2) is 9.84 Å². The molecule has 1 aromatic heterocycles. The maximum atomic E-state index is 13.4. The average Bonchev–Trinajstić information content (AvgIpc) is 3.38. The third-order valence-electron chi connectivity index (χ3n) is 5.36. The number of furan rings is 1. The lowest BCUT2D eigenvalue weighted by Crippen LogP contribution is -2.40. The van der Waals surface area contributed by atoms with Crippen molar-refractivity contribution in [3.05, 3.63) is 77.8 Å². The highest BCUT2D eigenvalue weighted by Crippen LogP contribution is 2.28. The van der Waals surface area contributed by atoms with Crippen LogP contribution >= 0.6 is 0 Å². The number of carbonyl (C=O) groups excluding carboxylic acids is 1. The quantitative estimate of drug-likeness (QED) is 0.577. The van der Waals surface area contributed by atoms with Crippen LogP contribution in [0.15, 0.2) is 65.1 Å². The molecule has 2 heterocycles. The first kappa shape index (κ1) is 21.1. The molecule has 0 saturated carbocycles. The van der Waals surface area contributed by atoms with Crippen molar-refractivity contribution < 1.29 is 26.8 Å². The number of hydrogen-bond donors (Lipinski definition) is 0. The fourth-order valence-corrected chi connectivity index (χ4v) is 5.49. The Hall–Kier alpha value is -3.13. The number of methoxy groups -OCH3 is 1. The van der Waals surface area contributed by atoms with E-state index in [-0.39, 0.29) is 29.8 Å². The van der Waals surface area contributed by atoms with Crippen LogP contribution in [0, 0.1) is 5.82 Å². The molecule has 6 nitrogen and oxygen atoms in total. The number of rotatable bonds is 6. The average molecular weight is 443 g/mol. The molecular formula is C23H22FNO5S. The summed E-state index contributed by atoms with van der Waals surface area (Å²) in [5.74, 6) is 0.771. The van der Waals surface area contributed by atoms with Crippen LogP contribution in [0.3, 0.4) is 0 Å². The van der Waals surface area contributed by atoms with Crippen LogP contribution in [-0.4, -0.2) is 43.9 Å². The summed E-state index contributed by atoms with van der Waals surface area (Å²) >= 11 is 0. The van der Waals surface area contributed by atoms with Gasteiger partial charge in [-0.2, -0.15) is 0 Å². The molecule has 0 N–H and O–H groups in total. The molecule has 8 heteroatoms. The molecule has 0 bridgehead atoms. The lowest BCUT2D eigenvalue weighted by Gasteiger charge is -2.28. The van der Waals surface area contributed by atoms with Gasteiger partial charge in [-0.05, 0) is 55.0 Å². The molecule has 1 saturated heterocycles. The zero-order chi connectivity index (χ0) is 22.0. The Morgan fingerprint density at radius 3 is 2.55 bits per heavy atom. The van der Waals surface area contributed by atoms with Crippen LogP contribution < -0.4 is 4.74 Å². The van der Waals surface area contributed by atoms with Crippen LogP contribution in [0.1, 0.15) is 22.5 Å². The molecule has 1 atom stereocenters. The molecule has 162 valence electrons. The van der Waals surface area contributed by atoms with E-state index < -0.39 is 15.9 Å². The third-order valence-corrected chi connectivity index (χ3v) is 7.11. The van der Waals surface area contributed by atoms with Gasteiger partial charge < -0.3 is 14.1 Å². The molecule has 4 rings (SSSR count). The predicted octanol–water partition coefficient (Wildman–Crippen LogP) is 3.92. The van der Waals surface area contributed by atoms with Crippen LogP contribution in [0.4, 0.5) is 4.39 Å². The first-order chi connectivity index (χ1) is 14.9. The summed E-state index contributed by atoms with van der Waals surface area (Å²) in [6.07, 6.45) is 0.370. The minimum Gasteiger partial charge on any atom is -0.496 e. The summed E-state index contributed by atoms with van der Waals surface area (Å²) in [7, 11) is -1.71. The van der Waals surface area contributed by atoms with E-state index in [2.05, 4.69) is 0 Å². The highest BCUT2D eigenvalue weighted by molar-refractivity contribution is 7.91. The van der Waals surface area contributed by atoms with E-state index >= 15 is 0 Å². The van der Waals surface area contributed by atoms with Gasteiger partial charge in [0, 0.05) is 11.6 Å². The van der Waals surface area contributed by atoms with Gasteiger partial charge in [0.25, 0.3) is 5.91 Å². The normalized spacial score (nSPS) is 17.4. The van der Waals surface area contributed by atoms with Gasteiger partial charge in [0.1, 0.15) is 23.1 Å². The summed E-state index contributed by atoms with van der Waals surface area (Å²) in [6.45, 7) is 0.109. The number of hydrogen-bond acceptors (Lipinski definition) is 5. The second-order valence-corrected chi connectivity index (χ2v) is 9.69. The molecule has 1 aliphatic rings. The van der Waals surface area contributed by atoms with Crippen molar-refractivity contribution in [3.63, 3.8) is 0 Å². The van der Waals surface area contributed by atoms with Crippen LogP contribution in [0.25, 0.3) is 11.3 Å². The Bertz CT molecular complexity index is 1190. The van der Waals surface area contributed by atoms with Gasteiger partial charge in [0.05, 0.1) is 30.7 Å². The molecule has 1 amide bonds. The molecule has 2 aromatic carbocycles. The van der Waals surface area contributed by atoms with Crippen molar-refractivity contribution in [1.82, 2.24) is 4.90 Å². The predicted molar refractivity (Wildman–Crippen MR) is 114 cm³/mol. The van der Waals surface area contributed by atoms with Crippen molar-refractivity contribution in [2.24, 2.45) is 0 Å². The molecule has 3 aromatic rings. The van der Waals surface area contributed by atoms with E-state index in [1.165, 1.54) is 24.1 Å². The van der Waals surface area contributed by atoms with Gasteiger partial charge in [0.2, 0.25) is 0 Å². The summed E-state index contributed by atoms with van der Waals surface area (Å²) < 4.78 is 48.6. The van der Waals surface area contributed by atoms with Crippen molar-refractivity contribution in [2.75, 3.05) is 18.6 Å². The minimum absolute atomic E-state index is 0.0480. The van der Waals surface area contributed by atoms with Crippen molar-refractivity contribution in [1.29, 1.82) is 0 Å². The lowest BCUT2D eigenvalue weighted by atomic mass is 10.1. The standard InChI is InChI=1S/C23H22FNO5S/c1-29-22-5-3-2-4-20(22)23(26)25(18-12-13-31(27,28)15-18)14-19-10-11-21(30-19)16-6-8-17(24)9-7-16/h2-11,18H,12-15H2,1H3. The highest BCUT2D eigenvalue weighted by atomic mass is 32.2. The van der Waals surface area contributed by atoms with E-state index in [0.29, 0.717) is 34.8 Å². The fraction of sp³-hybridized carbons (Fsp3) is 0.261. The Balaban J connectivity index is 1.64. The molecule has 31 heavy (non-hydrogen) atoms. The highest BCUT2D eigenvalue weighted by Gasteiger charge is 2.36. The van der Waals surface area contributed by atoms with Gasteiger partial charge in [-0.3, -0.25) is 4.79 Å². The number of halogens is 1. The van der Waals surface area contributed by atoms with Gasteiger partial charge >= 0.3 is 0 Å². The summed E-state index contributed by atoms with van der Waals surface area (Å²) in [5, 5.41) is 0. The Morgan fingerprint density at radius 2 is 1.87 bits per heavy atom. The molecular weight excluding hydrogens is 421 g/mol. The number of para-hydroxylation sites is 1. The summed E-state index contributed by atoms with van der Waals surface area (Å²) in [4.78, 5) is 14.9. The van der Waals surface area contributed by atoms with Crippen molar-refractivity contribution in [2.45, 2.75) is 19.0 Å². The summed E-state index contributed by atoms with van der Waals surface area (Å²) in [6, 6.07) is 15.8. The van der Waals surface area contributed by atoms with Crippen LogP contribution in [0.2, 0.25) is 0 Å². The van der Waals surface area contributed by atoms with Crippen molar-refractivity contribution in [3.8, 4) is 17.1 Å². The third kappa shape index (κ3) is 4.64. The maximum absolute atomic E-state index is 13.4. The largest absolute Gasteiger partial charge is 0.496 e. The molecule has 0 spiro atoms. The zero-order valence-electron chi connectivity index (χ0n) is 17.0. The number of nitrogens with zero attached hydrogens (tertiary/aromatic N) is 1. The Labute approximate surface area is 180 Å². The van der Waals surface area contributed by atoms with Crippen LogP contribution in [0.5, 0.6) is 5.75 Å². The monoisotopic (exact) mass is 443 g/mol. The minimum atomic E-state index is -3.20. The molecule has 1 unspecified atom stereocenters. The van der Waals surface area contributed by atoms with Crippen LogP contribution in [-0.2, 0) is 16.4 Å². The molecule has 0 aliphatic carbocycles. The topological polar surface area (TPSA) is 76.8 Å².